The van der Waals surface area contributed by atoms with Gasteiger partial charge in [-0.3, -0.25) is 9.59 Å². The Kier molecular flexibility index (Phi) is 7.08. The number of esters is 1. The lowest BCUT2D eigenvalue weighted by molar-refractivity contribution is -0.142. The number of Topliss-reactive ketones (excluding diaryl/α,β-unsaturated/α-hetero) is 1. The molecule has 0 N–H and O–H groups in total. The number of halogens is 2. The molecule has 0 saturated carbocycles. The molecule has 5 nitrogen and oxygen atoms in total. The Morgan fingerprint density at radius 2 is 1.69 bits per heavy atom. The van der Waals surface area contributed by atoms with Gasteiger partial charge < -0.3 is 14.2 Å². The number of benzene rings is 2. The highest BCUT2D eigenvalue weighted by atomic mass is 19.1. The predicted octanol–water partition coefficient (Wildman–Crippen LogP) is 3.56. The van der Waals surface area contributed by atoms with E-state index >= 15 is 0 Å². The van der Waals surface area contributed by atoms with E-state index in [-0.39, 0.29) is 13.0 Å². The molecular weight excluding hydrogens is 346 g/mol. The Balaban J connectivity index is 1.68. The highest BCUT2D eigenvalue weighted by Crippen LogP contribution is 2.17. The molecule has 26 heavy (non-hydrogen) atoms. The molecule has 0 aliphatic heterocycles. The summed E-state index contributed by atoms with van der Waals surface area (Å²) >= 11 is 0. The number of carbonyl (C=O) groups excluding carboxylic acids is 2. The molecule has 0 amide bonds. The van der Waals surface area contributed by atoms with E-state index in [1.807, 2.05) is 0 Å². The molecular formula is C19H18F2O5. The van der Waals surface area contributed by atoms with Crippen LogP contribution >= 0.6 is 0 Å². The molecule has 0 spiro atoms. The molecule has 2 aromatic rings. The highest BCUT2D eigenvalue weighted by molar-refractivity contribution is 5.98. The van der Waals surface area contributed by atoms with Crippen LogP contribution in [0, 0.1) is 11.6 Å². The fourth-order valence-corrected chi connectivity index (χ4v) is 2.09. The maximum absolute atomic E-state index is 13.4. The van der Waals surface area contributed by atoms with Gasteiger partial charge in [-0.25, -0.2) is 8.78 Å². The van der Waals surface area contributed by atoms with Gasteiger partial charge in [0.05, 0.1) is 19.3 Å². The molecule has 0 heterocycles. The number of methoxy groups -OCH3 is 1. The minimum Gasteiger partial charge on any atom is -0.497 e. The lowest BCUT2D eigenvalue weighted by Crippen LogP contribution is -2.16. The van der Waals surface area contributed by atoms with Gasteiger partial charge in [-0.2, -0.15) is 0 Å². The normalized spacial score (nSPS) is 10.3. The van der Waals surface area contributed by atoms with Crippen molar-refractivity contribution >= 4 is 11.8 Å². The van der Waals surface area contributed by atoms with E-state index < -0.39 is 35.6 Å². The van der Waals surface area contributed by atoms with Crippen LogP contribution in [-0.4, -0.2) is 32.1 Å². The van der Waals surface area contributed by atoms with Crippen LogP contribution in [0.2, 0.25) is 0 Å². The third-order valence-electron chi connectivity index (χ3n) is 3.45. The molecule has 0 saturated heterocycles. The summed E-state index contributed by atoms with van der Waals surface area (Å²) in [6.45, 7) is -0.355. The number of hydrogen-bond donors (Lipinski definition) is 0. The monoisotopic (exact) mass is 364 g/mol. The second-order valence-corrected chi connectivity index (χ2v) is 5.34. The molecule has 0 bridgehead atoms. The SMILES string of the molecule is COc1ccc(OCCCC(=O)OCC(=O)c2cc(F)ccc2F)cc1. The summed E-state index contributed by atoms with van der Waals surface area (Å²) in [5.41, 5.74) is -0.444. The Labute approximate surface area is 149 Å². The number of rotatable bonds is 9. The van der Waals surface area contributed by atoms with Crippen LogP contribution in [-0.2, 0) is 9.53 Å². The largest absolute Gasteiger partial charge is 0.497 e. The minimum atomic E-state index is -0.861. The summed E-state index contributed by atoms with van der Waals surface area (Å²) in [6, 6.07) is 9.50. The Morgan fingerprint density at radius 3 is 2.38 bits per heavy atom. The molecule has 0 fully saturated rings. The van der Waals surface area contributed by atoms with Crippen molar-refractivity contribution in [1.29, 1.82) is 0 Å². The van der Waals surface area contributed by atoms with Gasteiger partial charge in [0.1, 0.15) is 23.1 Å². The van der Waals surface area contributed by atoms with E-state index in [2.05, 4.69) is 0 Å². The molecule has 0 unspecified atom stereocenters. The number of carbonyl (C=O) groups is 2. The smallest absolute Gasteiger partial charge is 0.306 e. The predicted molar refractivity (Wildman–Crippen MR) is 89.4 cm³/mol. The lowest BCUT2D eigenvalue weighted by Gasteiger charge is -2.07. The van der Waals surface area contributed by atoms with Crippen LogP contribution in [0.1, 0.15) is 23.2 Å². The minimum absolute atomic E-state index is 0.0368. The maximum Gasteiger partial charge on any atom is 0.306 e. The quantitative estimate of drug-likeness (QED) is 0.387. The molecule has 0 aliphatic rings. The lowest BCUT2D eigenvalue weighted by atomic mass is 10.1. The van der Waals surface area contributed by atoms with Crippen molar-refractivity contribution in [2.75, 3.05) is 20.3 Å². The number of ketones is 1. The van der Waals surface area contributed by atoms with Gasteiger partial charge in [-0.15, -0.1) is 0 Å². The highest BCUT2D eigenvalue weighted by Gasteiger charge is 2.15. The van der Waals surface area contributed by atoms with Crippen LogP contribution < -0.4 is 9.47 Å². The molecule has 0 aromatic heterocycles. The van der Waals surface area contributed by atoms with E-state index in [9.17, 15) is 18.4 Å². The average molecular weight is 364 g/mol. The van der Waals surface area contributed by atoms with Gasteiger partial charge in [-0.05, 0) is 48.9 Å². The molecule has 2 rings (SSSR count). The van der Waals surface area contributed by atoms with E-state index in [0.29, 0.717) is 17.9 Å². The Bertz CT molecular complexity index is 759. The fraction of sp³-hybridized carbons (Fsp3) is 0.263. The van der Waals surface area contributed by atoms with Crippen LogP contribution in [0.25, 0.3) is 0 Å². The molecule has 0 aliphatic carbocycles. The average Bonchev–Trinajstić information content (AvgIpc) is 2.65. The zero-order valence-corrected chi connectivity index (χ0v) is 14.2. The summed E-state index contributed by atoms with van der Waals surface area (Å²) < 4.78 is 41.8. The van der Waals surface area contributed by atoms with Crippen LogP contribution in [0.4, 0.5) is 8.78 Å². The topological polar surface area (TPSA) is 61.8 Å². The Morgan fingerprint density at radius 1 is 1.00 bits per heavy atom. The van der Waals surface area contributed by atoms with E-state index in [4.69, 9.17) is 14.2 Å². The van der Waals surface area contributed by atoms with Gasteiger partial charge in [0, 0.05) is 6.42 Å². The van der Waals surface area contributed by atoms with Crippen molar-refractivity contribution in [2.24, 2.45) is 0 Å². The third-order valence-corrected chi connectivity index (χ3v) is 3.45. The summed E-state index contributed by atoms with van der Waals surface area (Å²) in [5, 5.41) is 0. The number of hydrogen-bond acceptors (Lipinski definition) is 5. The first kappa shape index (κ1) is 19.4. The zero-order chi connectivity index (χ0) is 18.9. The summed E-state index contributed by atoms with van der Waals surface area (Å²) in [4.78, 5) is 23.4. The van der Waals surface area contributed by atoms with Gasteiger partial charge in [-0.1, -0.05) is 0 Å². The van der Waals surface area contributed by atoms with Crippen molar-refractivity contribution in [1.82, 2.24) is 0 Å². The molecule has 0 radical (unpaired) electrons. The van der Waals surface area contributed by atoms with E-state index in [1.165, 1.54) is 0 Å². The van der Waals surface area contributed by atoms with Gasteiger partial charge in [0.2, 0.25) is 5.78 Å². The van der Waals surface area contributed by atoms with Crippen molar-refractivity contribution in [3.63, 3.8) is 0 Å². The molecule has 0 atom stereocenters. The summed E-state index contributed by atoms with van der Waals surface area (Å²) in [5.74, 6) is -1.67. The maximum atomic E-state index is 13.4. The van der Waals surface area contributed by atoms with Crippen molar-refractivity contribution in [2.45, 2.75) is 12.8 Å². The first-order chi connectivity index (χ1) is 12.5. The summed E-state index contributed by atoms with van der Waals surface area (Å²) in [7, 11) is 1.56. The van der Waals surface area contributed by atoms with Gasteiger partial charge in [0.25, 0.3) is 0 Å². The molecule has 138 valence electrons. The van der Waals surface area contributed by atoms with Crippen molar-refractivity contribution < 1.29 is 32.6 Å². The van der Waals surface area contributed by atoms with Crippen LogP contribution in [0.3, 0.4) is 0 Å². The first-order valence-corrected chi connectivity index (χ1v) is 7.90. The summed E-state index contributed by atoms with van der Waals surface area (Å²) in [6.07, 6.45) is 0.419. The standard InChI is InChI=1S/C19H18F2O5/c1-24-14-5-7-15(8-6-14)25-10-2-3-19(23)26-12-18(22)16-11-13(20)4-9-17(16)21/h4-9,11H,2-3,10,12H2,1H3. The van der Waals surface area contributed by atoms with Crippen molar-refractivity contribution in [3.05, 3.63) is 59.7 Å². The second kappa shape index (κ2) is 9.50. The van der Waals surface area contributed by atoms with Gasteiger partial charge in [0.15, 0.2) is 6.61 Å². The van der Waals surface area contributed by atoms with Crippen LogP contribution in [0.5, 0.6) is 11.5 Å². The molecule has 7 heteroatoms. The molecule has 2 aromatic carbocycles. The zero-order valence-electron chi connectivity index (χ0n) is 14.2. The Hall–Kier alpha value is -2.96. The first-order valence-electron chi connectivity index (χ1n) is 7.90. The van der Waals surface area contributed by atoms with E-state index in [1.54, 1.807) is 31.4 Å². The van der Waals surface area contributed by atoms with Crippen molar-refractivity contribution in [3.8, 4) is 11.5 Å². The van der Waals surface area contributed by atoms with E-state index in [0.717, 1.165) is 18.2 Å². The third kappa shape index (κ3) is 5.84. The fourth-order valence-electron chi connectivity index (χ4n) is 2.09. The second-order valence-electron chi connectivity index (χ2n) is 5.34. The number of ether oxygens (including phenoxy) is 3. The van der Waals surface area contributed by atoms with Crippen LogP contribution in [0.15, 0.2) is 42.5 Å². The van der Waals surface area contributed by atoms with Gasteiger partial charge >= 0.3 is 5.97 Å².